The van der Waals surface area contributed by atoms with Crippen LogP contribution in [0.1, 0.15) is 25.3 Å². The Kier molecular flexibility index (Phi) is 3.87. The number of amides is 3. The molecule has 0 spiro atoms. The number of benzene rings is 1. The van der Waals surface area contributed by atoms with E-state index in [4.69, 9.17) is 11.6 Å². The molecule has 0 radical (unpaired) electrons. The Morgan fingerprint density at radius 3 is 2.72 bits per heavy atom. The van der Waals surface area contributed by atoms with Crippen molar-refractivity contribution >= 4 is 23.5 Å². The molecular weight excluding hydrogens is 252 g/mol. The summed E-state index contributed by atoms with van der Waals surface area (Å²) in [5, 5.41) is 3.26. The molecule has 3 amide bonds. The predicted octanol–water partition coefficient (Wildman–Crippen LogP) is 2.56. The Bertz CT molecular complexity index is 476. The fourth-order valence-corrected chi connectivity index (χ4v) is 2.20. The zero-order chi connectivity index (χ0) is 13.1. The van der Waals surface area contributed by atoms with Crippen LogP contribution in [0.25, 0.3) is 0 Å². The van der Waals surface area contributed by atoms with Crippen molar-refractivity contribution in [3.8, 4) is 0 Å². The number of halogens is 1. The van der Waals surface area contributed by atoms with Gasteiger partial charge in [-0.2, -0.15) is 0 Å². The van der Waals surface area contributed by atoms with E-state index in [-0.39, 0.29) is 24.5 Å². The van der Waals surface area contributed by atoms with Crippen molar-refractivity contribution in [2.24, 2.45) is 0 Å². The second kappa shape index (κ2) is 5.40. The van der Waals surface area contributed by atoms with Gasteiger partial charge in [-0.05, 0) is 18.1 Å². The fourth-order valence-electron chi connectivity index (χ4n) is 2.01. The van der Waals surface area contributed by atoms with Gasteiger partial charge in [0.25, 0.3) is 5.91 Å². The van der Waals surface area contributed by atoms with Crippen LogP contribution in [0, 0.1) is 0 Å². The summed E-state index contributed by atoms with van der Waals surface area (Å²) in [7, 11) is 0. The maximum atomic E-state index is 12.0. The molecule has 1 aromatic carbocycles. The highest BCUT2D eigenvalue weighted by Gasteiger charge is 2.37. The molecule has 0 aromatic heterocycles. The van der Waals surface area contributed by atoms with E-state index in [1.165, 1.54) is 4.90 Å². The van der Waals surface area contributed by atoms with Crippen molar-refractivity contribution in [2.75, 3.05) is 0 Å². The summed E-state index contributed by atoms with van der Waals surface area (Å²) in [6, 6.07) is 6.50. The largest absolute Gasteiger partial charge is 0.326 e. The minimum absolute atomic E-state index is 0.165. The molecule has 0 saturated carbocycles. The van der Waals surface area contributed by atoms with Gasteiger partial charge in [-0.3, -0.25) is 9.69 Å². The van der Waals surface area contributed by atoms with E-state index in [2.05, 4.69) is 5.32 Å². The average molecular weight is 267 g/mol. The summed E-state index contributed by atoms with van der Waals surface area (Å²) in [5.74, 6) is -0.165. The molecule has 4 nitrogen and oxygen atoms in total. The van der Waals surface area contributed by atoms with Gasteiger partial charge in [0.15, 0.2) is 0 Å². The van der Waals surface area contributed by atoms with Gasteiger partial charge in [0, 0.05) is 5.02 Å². The standard InChI is InChI=1S/C13H15ClN2O2/c1-2-5-11-12(17)16(13(18)15-11)8-9-6-3-4-7-10(9)14/h3-4,6-7,11H,2,5,8H2,1H3,(H,15,18)/t11-/m0/s1. The number of carbonyl (C=O) groups is 2. The number of urea groups is 1. The van der Waals surface area contributed by atoms with Gasteiger partial charge in [0.05, 0.1) is 6.54 Å². The molecular formula is C13H15ClN2O2. The molecule has 1 saturated heterocycles. The molecule has 1 N–H and O–H groups in total. The topological polar surface area (TPSA) is 49.4 Å². The van der Waals surface area contributed by atoms with E-state index in [0.29, 0.717) is 11.4 Å². The van der Waals surface area contributed by atoms with Gasteiger partial charge in [-0.1, -0.05) is 43.1 Å². The third-order valence-electron chi connectivity index (χ3n) is 2.97. The van der Waals surface area contributed by atoms with E-state index in [1.54, 1.807) is 6.07 Å². The molecule has 2 rings (SSSR count). The maximum Gasteiger partial charge on any atom is 0.325 e. The first kappa shape index (κ1) is 12.9. The van der Waals surface area contributed by atoms with Crippen LogP contribution in [0.15, 0.2) is 24.3 Å². The first-order valence-electron chi connectivity index (χ1n) is 5.98. The summed E-state index contributed by atoms with van der Waals surface area (Å²) >= 11 is 6.03. The normalized spacial score (nSPS) is 19.2. The molecule has 1 atom stereocenters. The van der Waals surface area contributed by atoms with E-state index < -0.39 is 0 Å². The number of hydrogen-bond acceptors (Lipinski definition) is 2. The minimum Gasteiger partial charge on any atom is -0.326 e. The van der Waals surface area contributed by atoms with Crippen molar-refractivity contribution in [3.05, 3.63) is 34.9 Å². The monoisotopic (exact) mass is 266 g/mol. The van der Waals surface area contributed by atoms with E-state index in [9.17, 15) is 9.59 Å². The van der Waals surface area contributed by atoms with Crippen molar-refractivity contribution in [3.63, 3.8) is 0 Å². The summed E-state index contributed by atoms with van der Waals surface area (Å²) in [4.78, 5) is 25.0. The highest BCUT2D eigenvalue weighted by Crippen LogP contribution is 2.20. The van der Waals surface area contributed by atoms with E-state index in [1.807, 2.05) is 25.1 Å². The van der Waals surface area contributed by atoms with Gasteiger partial charge in [-0.15, -0.1) is 0 Å². The van der Waals surface area contributed by atoms with Crippen LogP contribution in [-0.2, 0) is 11.3 Å². The molecule has 0 bridgehead atoms. The van der Waals surface area contributed by atoms with Crippen molar-refractivity contribution < 1.29 is 9.59 Å². The molecule has 5 heteroatoms. The van der Waals surface area contributed by atoms with Crippen LogP contribution >= 0.6 is 11.6 Å². The molecule has 0 aliphatic carbocycles. The fraction of sp³-hybridized carbons (Fsp3) is 0.385. The SMILES string of the molecule is CCC[C@@H]1NC(=O)N(Cc2ccccc2Cl)C1=O. The van der Waals surface area contributed by atoms with Crippen LogP contribution in [0.4, 0.5) is 4.79 Å². The van der Waals surface area contributed by atoms with Crippen LogP contribution < -0.4 is 5.32 Å². The van der Waals surface area contributed by atoms with Crippen LogP contribution in [0.3, 0.4) is 0 Å². The lowest BCUT2D eigenvalue weighted by atomic mass is 10.1. The number of carbonyl (C=O) groups excluding carboxylic acids is 2. The molecule has 1 heterocycles. The van der Waals surface area contributed by atoms with Gasteiger partial charge in [0.1, 0.15) is 6.04 Å². The van der Waals surface area contributed by atoms with Gasteiger partial charge in [-0.25, -0.2) is 4.79 Å². The number of imide groups is 1. The van der Waals surface area contributed by atoms with Gasteiger partial charge >= 0.3 is 6.03 Å². The van der Waals surface area contributed by atoms with Crippen LogP contribution in [0.5, 0.6) is 0 Å². The summed E-state index contributed by atoms with van der Waals surface area (Å²) in [6.07, 6.45) is 1.53. The smallest absolute Gasteiger partial charge is 0.325 e. The Morgan fingerprint density at radius 1 is 1.33 bits per heavy atom. The molecule has 1 aromatic rings. The van der Waals surface area contributed by atoms with Crippen molar-refractivity contribution in [1.82, 2.24) is 10.2 Å². The first-order valence-corrected chi connectivity index (χ1v) is 6.36. The molecule has 0 unspecified atom stereocenters. The third kappa shape index (κ3) is 2.48. The van der Waals surface area contributed by atoms with Crippen molar-refractivity contribution in [2.45, 2.75) is 32.4 Å². The molecule has 96 valence electrons. The van der Waals surface area contributed by atoms with Crippen LogP contribution in [0.2, 0.25) is 5.02 Å². The lowest BCUT2D eigenvalue weighted by Gasteiger charge is -2.13. The first-order chi connectivity index (χ1) is 8.63. The molecule has 1 aliphatic rings. The molecule has 18 heavy (non-hydrogen) atoms. The number of nitrogens with zero attached hydrogens (tertiary/aromatic N) is 1. The molecule has 1 aliphatic heterocycles. The quantitative estimate of drug-likeness (QED) is 0.852. The zero-order valence-corrected chi connectivity index (χ0v) is 10.9. The maximum absolute atomic E-state index is 12.0. The summed E-state index contributed by atoms with van der Waals surface area (Å²) < 4.78 is 0. The highest BCUT2D eigenvalue weighted by molar-refractivity contribution is 6.31. The lowest BCUT2D eigenvalue weighted by Crippen LogP contribution is -2.31. The predicted molar refractivity (Wildman–Crippen MR) is 69.2 cm³/mol. The van der Waals surface area contributed by atoms with E-state index in [0.717, 1.165) is 12.0 Å². The van der Waals surface area contributed by atoms with Gasteiger partial charge < -0.3 is 5.32 Å². The number of hydrogen-bond donors (Lipinski definition) is 1. The van der Waals surface area contributed by atoms with Gasteiger partial charge in [0.2, 0.25) is 0 Å². The number of rotatable bonds is 4. The zero-order valence-electron chi connectivity index (χ0n) is 10.1. The van der Waals surface area contributed by atoms with Crippen LogP contribution in [-0.4, -0.2) is 22.9 Å². The summed E-state index contributed by atoms with van der Waals surface area (Å²) in [6.45, 7) is 2.21. The average Bonchev–Trinajstić information content (AvgIpc) is 2.60. The Labute approximate surface area is 111 Å². The summed E-state index contributed by atoms with van der Waals surface area (Å²) in [5.41, 5.74) is 0.778. The number of nitrogens with one attached hydrogen (secondary N) is 1. The third-order valence-corrected chi connectivity index (χ3v) is 3.34. The Hall–Kier alpha value is -1.55. The second-order valence-electron chi connectivity index (χ2n) is 4.31. The second-order valence-corrected chi connectivity index (χ2v) is 4.71. The van der Waals surface area contributed by atoms with E-state index >= 15 is 0 Å². The molecule has 1 fully saturated rings. The minimum atomic E-state index is -0.384. The Morgan fingerprint density at radius 2 is 2.06 bits per heavy atom. The Balaban J connectivity index is 2.12. The lowest BCUT2D eigenvalue weighted by molar-refractivity contribution is -0.128. The highest BCUT2D eigenvalue weighted by atomic mass is 35.5. The van der Waals surface area contributed by atoms with Crippen molar-refractivity contribution in [1.29, 1.82) is 0 Å².